The molecule has 0 aliphatic heterocycles. The van der Waals surface area contributed by atoms with E-state index in [9.17, 15) is 5.26 Å². The molecule has 0 saturated heterocycles. The van der Waals surface area contributed by atoms with Crippen LogP contribution in [0, 0.1) is 11.3 Å². The van der Waals surface area contributed by atoms with Crippen LogP contribution in [0.3, 0.4) is 0 Å². The molecule has 0 N–H and O–H groups in total. The Morgan fingerprint density at radius 1 is 0.388 bits per heavy atom. The topological polar surface area (TPSA) is 28.7 Å². The molecule has 0 bridgehead atoms. The maximum atomic E-state index is 9.88. The first-order valence-electron chi connectivity index (χ1n) is 16.7. The predicted octanol–water partition coefficient (Wildman–Crippen LogP) is 12.6. The van der Waals surface area contributed by atoms with E-state index in [0.29, 0.717) is 5.56 Å². The fourth-order valence-corrected chi connectivity index (χ4v) is 8.49. The third-order valence-electron chi connectivity index (χ3n) is 10.6. The Balaban J connectivity index is 1.14. The summed E-state index contributed by atoms with van der Waals surface area (Å²) in [6.07, 6.45) is 0. The predicted molar refractivity (Wildman–Crippen MR) is 206 cm³/mol. The number of hydrogen-bond acceptors (Lipinski definition) is 1. The molecule has 0 aliphatic rings. The van der Waals surface area contributed by atoms with E-state index in [4.69, 9.17) is 0 Å². The molecule has 0 saturated carbocycles. The van der Waals surface area contributed by atoms with Crippen LogP contribution in [-0.4, -0.2) is 4.57 Å². The summed E-state index contributed by atoms with van der Waals surface area (Å²) < 4.78 is 2.33. The Hall–Kier alpha value is -6.69. The fourth-order valence-electron chi connectivity index (χ4n) is 8.49. The lowest BCUT2D eigenvalue weighted by Crippen LogP contribution is -1.94. The van der Waals surface area contributed by atoms with Gasteiger partial charge in [0.15, 0.2) is 0 Å². The number of aromatic nitrogens is 1. The normalized spacial score (nSPS) is 12.1. The number of fused-ring (bicyclic) bond motifs is 1. The molecule has 0 amide bonds. The van der Waals surface area contributed by atoms with Gasteiger partial charge in [-0.3, -0.25) is 0 Å². The molecular formula is C47H26N2. The average Bonchev–Trinajstić information content (AvgIpc) is 3.50. The summed E-state index contributed by atoms with van der Waals surface area (Å²) >= 11 is 0. The van der Waals surface area contributed by atoms with Gasteiger partial charge in [0.05, 0.1) is 22.7 Å². The number of rotatable bonds is 3. The van der Waals surface area contributed by atoms with Crippen molar-refractivity contribution in [2.24, 2.45) is 0 Å². The molecule has 0 unspecified atom stereocenters. The molecule has 2 nitrogen and oxygen atoms in total. The van der Waals surface area contributed by atoms with E-state index in [2.05, 4.69) is 150 Å². The van der Waals surface area contributed by atoms with Crippen LogP contribution in [0.5, 0.6) is 0 Å². The third-order valence-corrected chi connectivity index (χ3v) is 10.6. The van der Waals surface area contributed by atoms with Crippen molar-refractivity contribution < 1.29 is 0 Å². The van der Waals surface area contributed by atoms with Crippen molar-refractivity contribution in [2.75, 3.05) is 0 Å². The van der Waals surface area contributed by atoms with E-state index in [1.54, 1.807) is 0 Å². The van der Waals surface area contributed by atoms with E-state index >= 15 is 0 Å². The van der Waals surface area contributed by atoms with Crippen molar-refractivity contribution in [2.45, 2.75) is 0 Å². The average molecular weight is 619 g/mol. The zero-order chi connectivity index (χ0) is 32.2. The number of para-hydroxylation sites is 1. The van der Waals surface area contributed by atoms with Crippen LogP contribution in [0.15, 0.2) is 158 Å². The van der Waals surface area contributed by atoms with Crippen LogP contribution in [0.2, 0.25) is 0 Å². The van der Waals surface area contributed by atoms with Gasteiger partial charge in [0, 0.05) is 16.5 Å². The second kappa shape index (κ2) is 9.67. The SMILES string of the molecule is N#Cc1cc2ccc3cc(-c4cc5ccc6cc(-c7cccc8ccccc78)cc7ccc(c4)c5c67)cc4c3c2c(c1)n4-c1ccccc1. The van der Waals surface area contributed by atoms with Crippen LogP contribution in [-0.2, 0) is 0 Å². The molecule has 0 aliphatic carbocycles. The van der Waals surface area contributed by atoms with Crippen molar-refractivity contribution in [1.29, 1.82) is 5.26 Å². The molecule has 0 radical (unpaired) electrons. The van der Waals surface area contributed by atoms with Crippen LogP contribution < -0.4 is 0 Å². The second-order valence-electron chi connectivity index (χ2n) is 13.3. The zero-order valence-corrected chi connectivity index (χ0v) is 26.4. The zero-order valence-electron chi connectivity index (χ0n) is 26.4. The highest BCUT2D eigenvalue weighted by Crippen LogP contribution is 2.44. The van der Waals surface area contributed by atoms with E-state index in [-0.39, 0.29) is 0 Å². The molecule has 0 atom stereocenters. The lowest BCUT2D eigenvalue weighted by atomic mass is 9.88. The lowest BCUT2D eigenvalue weighted by molar-refractivity contribution is 1.18. The molecule has 11 rings (SSSR count). The molecule has 49 heavy (non-hydrogen) atoms. The maximum Gasteiger partial charge on any atom is 0.0992 e. The molecule has 0 spiro atoms. The minimum Gasteiger partial charge on any atom is -0.309 e. The molecular weight excluding hydrogens is 593 g/mol. The molecule has 1 heterocycles. The molecule has 224 valence electrons. The van der Waals surface area contributed by atoms with Crippen molar-refractivity contribution in [3.63, 3.8) is 0 Å². The monoisotopic (exact) mass is 618 g/mol. The molecule has 2 heteroatoms. The van der Waals surface area contributed by atoms with Crippen LogP contribution in [0.4, 0.5) is 0 Å². The summed E-state index contributed by atoms with van der Waals surface area (Å²) in [4.78, 5) is 0. The molecule has 11 aromatic rings. The van der Waals surface area contributed by atoms with E-state index in [0.717, 1.165) is 22.1 Å². The summed E-state index contributed by atoms with van der Waals surface area (Å²) in [7, 11) is 0. The summed E-state index contributed by atoms with van der Waals surface area (Å²) in [5.74, 6) is 0. The Labute approximate surface area is 282 Å². The molecule has 0 fully saturated rings. The van der Waals surface area contributed by atoms with Crippen molar-refractivity contribution in [3.05, 3.63) is 163 Å². The van der Waals surface area contributed by atoms with Crippen molar-refractivity contribution in [1.82, 2.24) is 4.57 Å². The first-order chi connectivity index (χ1) is 24.2. The van der Waals surface area contributed by atoms with Gasteiger partial charge in [-0.25, -0.2) is 0 Å². The van der Waals surface area contributed by atoms with Crippen molar-refractivity contribution >= 4 is 75.7 Å². The standard InChI is InChI=1S/C47H26N2/c48-27-28-19-30-13-18-35-23-37(26-43-47(35)46(30)42(20-28)49(43)39-9-2-1-3-10-39)36-21-31-14-16-33-24-38(25-34-17-15-32(22-36)44(31)45(33)34)41-12-6-8-29-7-4-5-11-40(29)41/h1-26H. The van der Waals surface area contributed by atoms with Gasteiger partial charge >= 0.3 is 0 Å². The van der Waals surface area contributed by atoms with Gasteiger partial charge in [-0.1, -0.05) is 97.1 Å². The number of nitrogens with zero attached hydrogens (tertiary/aromatic N) is 2. The van der Waals surface area contributed by atoms with E-state index in [1.807, 2.05) is 18.2 Å². The minimum atomic E-state index is 0.673. The second-order valence-corrected chi connectivity index (χ2v) is 13.3. The van der Waals surface area contributed by atoms with Crippen LogP contribution >= 0.6 is 0 Å². The maximum absolute atomic E-state index is 9.88. The number of nitriles is 1. The smallest absolute Gasteiger partial charge is 0.0992 e. The van der Waals surface area contributed by atoms with Gasteiger partial charge in [-0.05, 0) is 137 Å². The highest BCUT2D eigenvalue weighted by atomic mass is 15.0. The quantitative estimate of drug-likeness (QED) is 0.181. The summed E-state index contributed by atoms with van der Waals surface area (Å²) in [5, 5.41) is 24.8. The lowest BCUT2D eigenvalue weighted by Gasteiger charge is -2.16. The summed E-state index contributed by atoms with van der Waals surface area (Å²) in [5.41, 5.74) is 8.87. The van der Waals surface area contributed by atoms with Crippen molar-refractivity contribution in [3.8, 4) is 34.0 Å². The molecule has 10 aromatic carbocycles. The van der Waals surface area contributed by atoms with Crippen LogP contribution in [0.25, 0.3) is 104 Å². The van der Waals surface area contributed by atoms with Crippen LogP contribution in [0.1, 0.15) is 5.56 Å². The Morgan fingerprint density at radius 2 is 0.898 bits per heavy atom. The van der Waals surface area contributed by atoms with Gasteiger partial charge in [-0.15, -0.1) is 0 Å². The Morgan fingerprint density at radius 3 is 1.55 bits per heavy atom. The van der Waals surface area contributed by atoms with Gasteiger partial charge < -0.3 is 4.57 Å². The first kappa shape index (κ1) is 26.4. The Kier molecular flexibility index (Phi) is 5.21. The largest absolute Gasteiger partial charge is 0.309 e. The van der Waals surface area contributed by atoms with E-state index < -0.39 is 0 Å². The third kappa shape index (κ3) is 3.70. The van der Waals surface area contributed by atoms with Gasteiger partial charge in [0.25, 0.3) is 0 Å². The highest BCUT2D eigenvalue weighted by Gasteiger charge is 2.20. The minimum absolute atomic E-state index is 0.673. The summed E-state index contributed by atoms with van der Waals surface area (Å²) in [6, 6.07) is 59.8. The number of benzene rings is 10. The van der Waals surface area contributed by atoms with E-state index in [1.165, 1.54) is 81.5 Å². The van der Waals surface area contributed by atoms with Gasteiger partial charge in [-0.2, -0.15) is 5.26 Å². The summed E-state index contributed by atoms with van der Waals surface area (Å²) in [6.45, 7) is 0. The first-order valence-corrected chi connectivity index (χ1v) is 16.7. The number of hydrogen-bond donors (Lipinski definition) is 0. The van der Waals surface area contributed by atoms with Gasteiger partial charge in [0.2, 0.25) is 0 Å². The molecule has 1 aromatic heterocycles. The Bertz CT molecular complexity index is 3090. The van der Waals surface area contributed by atoms with Gasteiger partial charge in [0.1, 0.15) is 0 Å². The fraction of sp³-hybridized carbons (Fsp3) is 0. The highest BCUT2D eigenvalue weighted by molar-refractivity contribution is 6.27.